The molecule has 2 rings (SSSR count). The second kappa shape index (κ2) is 5.29. The molecule has 1 aromatic carbocycles. The maximum atomic E-state index is 10.9. The predicted octanol–water partition coefficient (Wildman–Crippen LogP) is 2.67. The molecule has 0 amide bonds. The first-order valence-electron chi connectivity index (χ1n) is 6.21. The molecule has 0 saturated heterocycles. The Morgan fingerprint density at radius 2 is 2.22 bits per heavy atom. The van der Waals surface area contributed by atoms with Crippen LogP contribution in [0.5, 0.6) is 11.5 Å². The fourth-order valence-electron chi connectivity index (χ4n) is 2.08. The number of carbonyl (C=O) groups is 1. The van der Waals surface area contributed by atoms with E-state index in [0.29, 0.717) is 18.8 Å². The molecule has 98 valence electrons. The van der Waals surface area contributed by atoms with Crippen molar-refractivity contribution >= 4 is 5.97 Å². The Balaban J connectivity index is 2.13. The minimum absolute atomic E-state index is 0.122. The van der Waals surface area contributed by atoms with E-state index in [0.717, 1.165) is 17.7 Å². The van der Waals surface area contributed by atoms with Crippen LogP contribution in [0, 0.1) is 5.92 Å². The average molecular weight is 250 g/mol. The highest BCUT2D eigenvalue weighted by Crippen LogP contribution is 2.49. The fraction of sp³-hybridized carbons (Fsp3) is 0.500. The lowest BCUT2D eigenvalue weighted by Gasteiger charge is -2.11. The van der Waals surface area contributed by atoms with Crippen LogP contribution in [0.2, 0.25) is 0 Å². The number of aliphatic carboxylic acids is 1. The topological polar surface area (TPSA) is 55.8 Å². The maximum absolute atomic E-state index is 10.9. The van der Waals surface area contributed by atoms with Gasteiger partial charge in [0.2, 0.25) is 0 Å². The van der Waals surface area contributed by atoms with Crippen molar-refractivity contribution in [3.63, 3.8) is 0 Å². The Kier molecular flexibility index (Phi) is 3.75. The molecule has 0 heterocycles. The molecule has 1 fully saturated rings. The van der Waals surface area contributed by atoms with Gasteiger partial charge in [-0.2, -0.15) is 0 Å². The Hall–Kier alpha value is -1.71. The first kappa shape index (κ1) is 12.7. The minimum Gasteiger partial charge on any atom is -0.493 e. The number of carboxylic acid groups (broad SMARTS) is 1. The van der Waals surface area contributed by atoms with Crippen LogP contribution >= 0.6 is 0 Å². The summed E-state index contributed by atoms with van der Waals surface area (Å²) >= 11 is 0. The molecule has 2 unspecified atom stereocenters. The van der Waals surface area contributed by atoms with Crippen LogP contribution in [0.25, 0.3) is 0 Å². The number of methoxy groups -OCH3 is 1. The molecule has 1 N–H and O–H groups in total. The van der Waals surface area contributed by atoms with Gasteiger partial charge in [-0.15, -0.1) is 0 Å². The highest BCUT2D eigenvalue weighted by molar-refractivity contribution is 5.75. The van der Waals surface area contributed by atoms with Crippen molar-refractivity contribution < 1.29 is 19.4 Å². The monoisotopic (exact) mass is 250 g/mol. The Labute approximate surface area is 107 Å². The van der Waals surface area contributed by atoms with Gasteiger partial charge in [0.05, 0.1) is 19.6 Å². The van der Waals surface area contributed by atoms with Crippen molar-refractivity contribution in [1.29, 1.82) is 0 Å². The first-order valence-corrected chi connectivity index (χ1v) is 6.21. The summed E-state index contributed by atoms with van der Waals surface area (Å²) in [5.41, 5.74) is 1.02. The van der Waals surface area contributed by atoms with Gasteiger partial charge >= 0.3 is 5.97 Å². The molecule has 1 aliphatic rings. The molecule has 0 aromatic heterocycles. The SMILES string of the molecule is CCCOc1ccc(C2CC2C(=O)O)cc1OC. The van der Waals surface area contributed by atoms with E-state index in [2.05, 4.69) is 0 Å². The largest absolute Gasteiger partial charge is 0.493 e. The van der Waals surface area contributed by atoms with Crippen LogP contribution in [-0.4, -0.2) is 24.8 Å². The van der Waals surface area contributed by atoms with Crippen molar-refractivity contribution in [2.75, 3.05) is 13.7 Å². The third-order valence-corrected chi connectivity index (χ3v) is 3.19. The van der Waals surface area contributed by atoms with E-state index in [-0.39, 0.29) is 11.8 Å². The third kappa shape index (κ3) is 2.58. The van der Waals surface area contributed by atoms with Crippen molar-refractivity contribution in [1.82, 2.24) is 0 Å². The van der Waals surface area contributed by atoms with Crippen LogP contribution in [0.3, 0.4) is 0 Å². The summed E-state index contributed by atoms with van der Waals surface area (Å²) in [4.78, 5) is 10.9. The van der Waals surface area contributed by atoms with Gasteiger partial charge in [-0.05, 0) is 36.5 Å². The summed E-state index contributed by atoms with van der Waals surface area (Å²) in [6.45, 7) is 2.69. The van der Waals surface area contributed by atoms with E-state index in [1.54, 1.807) is 7.11 Å². The van der Waals surface area contributed by atoms with Crippen LogP contribution in [0.4, 0.5) is 0 Å². The predicted molar refractivity (Wildman–Crippen MR) is 67.3 cm³/mol. The van der Waals surface area contributed by atoms with Gasteiger partial charge in [-0.1, -0.05) is 13.0 Å². The zero-order valence-corrected chi connectivity index (χ0v) is 10.7. The van der Waals surface area contributed by atoms with Gasteiger partial charge < -0.3 is 14.6 Å². The standard InChI is InChI=1S/C14H18O4/c1-3-6-18-12-5-4-9(7-13(12)17-2)10-8-11(10)14(15)16/h4-5,7,10-11H,3,6,8H2,1-2H3,(H,15,16). The second-order valence-corrected chi connectivity index (χ2v) is 4.55. The highest BCUT2D eigenvalue weighted by atomic mass is 16.5. The quantitative estimate of drug-likeness (QED) is 0.843. The zero-order valence-electron chi connectivity index (χ0n) is 10.7. The van der Waals surface area contributed by atoms with Gasteiger partial charge in [0.1, 0.15) is 0 Å². The van der Waals surface area contributed by atoms with Crippen LogP contribution in [0.1, 0.15) is 31.2 Å². The molecule has 1 aliphatic carbocycles. The third-order valence-electron chi connectivity index (χ3n) is 3.19. The lowest BCUT2D eigenvalue weighted by Crippen LogP contribution is -2.00. The smallest absolute Gasteiger partial charge is 0.307 e. The second-order valence-electron chi connectivity index (χ2n) is 4.55. The van der Waals surface area contributed by atoms with Gasteiger partial charge in [0, 0.05) is 0 Å². The van der Waals surface area contributed by atoms with Crippen molar-refractivity contribution in [3.05, 3.63) is 23.8 Å². The van der Waals surface area contributed by atoms with Gasteiger partial charge in [0.25, 0.3) is 0 Å². The molecule has 0 bridgehead atoms. The van der Waals surface area contributed by atoms with Gasteiger partial charge in [-0.25, -0.2) is 0 Å². The lowest BCUT2D eigenvalue weighted by molar-refractivity contribution is -0.138. The fourth-order valence-corrected chi connectivity index (χ4v) is 2.08. The average Bonchev–Trinajstić information content (AvgIpc) is 3.16. The molecule has 2 atom stereocenters. The van der Waals surface area contributed by atoms with E-state index >= 15 is 0 Å². The molecule has 4 nitrogen and oxygen atoms in total. The van der Waals surface area contributed by atoms with E-state index in [9.17, 15) is 4.79 Å². The van der Waals surface area contributed by atoms with Gasteiger partial charge in [-0.3, -0.25) is 4.79 Å². The minimum atomic E-state index is -0.717. The summed E-state index contributed by atoms with van der Waals surface area (Å²) in [6.07, 6.45) is 1.66. The highest BCUT2D eigenvalue weighted by Gasteiger charge is 2.44. The molecule has 18 heavy (non-hydrogen) atoms. The molecule has 0 spiro atoms. The van der Waals surface area contributed by atoms with Crippen LogP contribution in [-0.2, 0) is 4.79 Å². The summed E-state index contributed by atoms with van der Waals surface area (Å²) in [6, 6.07) is 5.68. The molecule has 4 heteroatoms. The Bertz CT molecular complexity index is 441. The summed E-state index contributed by atoms with van der Waals surface area (Å²) in [5.74, 6) is 0.562. The van der Waals surface area contributed by atoms with E-state index in [1.165, 1.54) is 0 Å². The molecule has 0 radical (unpaired) electrons. The first-order chi connectivity index (χ1) is 8.67. The summed E-state index contributed by atoms with van der Waals surface area (Å²) in [7, 11) is 1.60. The summed E-state index contributed by atoms with van der Waals surface area (Å²) in [5, 5.41) is 8.93. The summed E-state index contributed by atoms with van der Waals surface area (Å²) < 4.78 is 10.8. The lowest BCUT2D eigenvalue weighted by atomic mass is 10.1. The van der Waals surface area contributed by atoms with Crippen molar-refractivity contribution in [3.8, 4) is 11.5 Å². The Morgan fingerprint density at radius 3 is 2.78 bits per heavy atom. The van der Waals surface area contributed by atoms with E-state index in [1.807, 2.05) is 25.1 Å². The zero-order chi connectivity index (χ0) is 13.1. The number of rotatable bonds is 6. The van der Waals surface area contributed by atoms with E-state index in [4.69, 9.17) is 14.6 Å². The normalized spacial score (nSPS) is 21.4. The van der Waals surface area contributed by atoms with E-state index < -0.39 is 5.97 Å². The van der Waals surface area contributed by atoms with Crippen LogP contribution < -0.4 is 9.47 Å². The molecule has 1 aromatic rings. The molecule has 0 aliphatic heterocycles. The van der Waals surface area contributed by atoms with Gasteiger partial charge in [0.15, 0.2) is 11.5 Å². The number of hydrogen-bond acceptors (Lipinski definition) is 3. The molecular weight excluding hydrogens is 232 g/mol. The number of ether oxygens (including phenoxy) is 2. The maximum Gasteiger partial charge on any atom is 0.307 e. The molecular formula is C14H18O4. The molecule has 1 saturated carbocycles. The number of benzene rings is 1. The number of carboxylic acids is 1. The van der Waals surface area contributed by atoms with Crippen LogP contribution in [0.15, 0.2) is 18.2 Å². The van der Waals surface area contributed by atoms with Crippen molar-refractivity contribution in [2.45, 2.75) is 25.7 Å². The number of hydrogen-bond donors (Lipinski definition) is 1. The Morgan fingerprint density at radius 1 is 1.44 bits per heavy atom. The van der Waals surface area contributed by atoms with Crippen molar-refractivity contribution in [2.24, 2.45) is 5.92 Å².